The van der Waals surface area contributed by atoms with Crippen molar-refractivity contribution in [3.63, 3.8) is 0 Å². The number of fused-ring (bicyclic) bond motifs is 3. The molecule has 2 fully saturated rings. The van der Waals surface area contributed by atoms with Gasteiger partial charge in [-0.05, 0) is 43.5 Å². The summed E-state index contributed by atoms with van der Waals surface area (Å²) in [5.74, 6) is -0.0803. The van der Waals surface area contributed by atoms with Gasteiger partial charge in [-0.2, -0.15) is 13.1 Å². The van der Waals surface area contributed by atoms with Crippen LogP contribution in [-0.4, -0.2) is 64.0 Å². The molecule has 2 aliphatic heterocycles. The monoisotopic (exact) mass is 457 g/mol. The molecule has 162 valence electrons. The molecule has 1 aromatic heterocycles. The maximum absolute atomic E-state index is 13.5. The van der Waals surface area contributed by atoms with E-state index in [0.29, 0.717) is 24.1 Å². The van der Waals surface area contributed by atoms with E-state index in [1.807, 2.05) is 31.2 Å². The number of rotatable bonds is 5. The van der Waals surface area contributed by atoms with Crippen molar-refractivity contribution >= 4 is 44.4 Å². The van der Waals surface area contributed by atoms with E-state index < -0.39 is 10.0 Å². The molecular weight excluding hydrogens is 434 g/mol. The molecule has 2 bridgehead atoms. The zero-order valence-corrected chi connectivity index (χ0v) is 18.7. The van der Waals surface area contributed by atoms with Gasteiger partial charge in [-0.25, -0.2) is 8.42 Å². The molecule has 10 heteroatoms. The third-order valence-electron chi connectivity index (χ3n) is 6.08. The molecule has 0 saturated carbocycles. The molecule has 3 aromatic rings. The lowest BCUT2D eigenvalue weighted by Crippen LogP contribution is -2.56. The summed E-state index contributed by atoms with van der Waals surface area (Å²) in [6.07, 6.45) is 1.59. The lowest BCUT2D eigenvalue weighted by atomic mass is 10.2. The molecule has 31 heavy (non-hydrogen) atoms. The normalized spacial score (nSPS) is 22.1. The van der Waals surface area contributed by atoms with Crippen LogP contribution >= 0.6 is 11.7 Å². The summed E-state index contributed by atoms with van der Waals surface area (Å²) in [5, 5.41) is 2.97. The average molecular weight is 458 g/mol. The number of para-hydroxylation sites is 1. The van der Waals surface area contributed by atoms with Gasteiger partial charge in [0.15, 0.2) is 0 Å². The maximum Gasteiger partial charge on any atom is 0.245 e. The number of piperazine rings is 1. The van der Waals surface area contributed by atoms with E-state index in [2.05, 4.69) is 19.0 Å². The summed E-state index contributed by atoms with van der Waals surface area (Å²) in [6.45, 7) is 3.29. The van der Waals surface area contributed by atoms with Gasteiger partial charge in [-0.3, -0.25) is 9.69 Å². The van der Waals surface area contributed by atoms with Crippen molar-refractivity contribution in [2.24, 2.45) is 0 Å². The van der Waals surface area contributed by atoms with Gasteiger partial charge in [0.05, 0.1) is 18.3 Å². The van der Waals surface area contributed by atoms with Crippen LogP contribution in [0.1, 0.15) is 18.4 Å². The van der Waals surface area contributed by atoms with Crippen LogP contribution in [-0.2, 0) is 14.8 Å². The average Bonchev–Trinajstić information content (AvgIpc) is 3.32. The highest BCUT2D eigenvalue weighted by Crippen LogP contribution is 2.36. The predicted molar refractivity (Wildman–Crippen MR) is 119 cm³/mol. The molecule has 0 radical (unpaired) electrons. The van der Waals surface area contributed by atoms with Gasteiger partial charge in [0.2, 0.25) is 15.9 Å². The van der Waals surface area contributed by atoms with Crippen LogP contribution in [0, 0.1) is 6.92 Å². The summed E-state index contributed by atoms with van der Waals surface area (Å²) in [6, 6.07) is 12.5. The number of carbonyl (C=O) groups is 1. The minimum Gasteiger partial charge on any atom is -0.325 e. The minimum absolute atomic E-state index is 0.0803. The molecule has 5 rings (SSSR count). The molecule has 2 aliphatic rings. The Kier molecular flexibility index (Phi) is 5.25. The van der Waals surface area contributed by atoms with Crippen LogP contribution in [0.3, 0.4) is 0 Å². The van der Waals surface area contributed by atoms with Crippen LogP contribution in [0.2, 0.25) is 0 Å². The third kappa shape index (κ3) is 3.73. The van der Waals surface area contributed by atoms with Crippen molar-refractivity contribution < 1.29 is 13.2 Å². The molecule has 2 aromatic carbocycles. The summed E-state index contributed by atoms with van der Waals surface area (Å²) >= 11 is 1.02. The number of anilines is 1. The van der Waals surface area contributed by atoms with E-state index in [-0.39, 0.29) is 29.4 Å². The fourth-order valence-corrected chi connectivity index (χ4v) is 7.29. The van der Waals surface area contributed by atoms with E-state index in [4.69, 9.17) is 0 Å². The smallest absolute Gasteiger partial charge is 0.245 e. The molecule has 0 spiro atoms. The lowest BCUT2D eigenvalue weighted by molar-refractivity contribution is -0.117. The Morgan fingerprint density at radius 1 is 1.10 bits per heavy atom. The van der Waals surface area contributed by atoms with E-state index in [1.54, 1.807) is 22.5 Å². The number of nitrogens with one attached hydrogen (secondary N) is 1. The van der Waals surface area contributed by atoms with E-state index >= 15 is 0 Å². The first kappa shape index (κ1) is 20.5. The number of hydrogen-bond acceptors (Lipinski definition) is 7. The van der Waals surface area contributed by atoms with Gasteiger partial charge < -0.3 is 5.32 Å². The Morgan fingerprint density at radius 2 is 1.84 bits per heavy atom. The second-order valence-electron chi connectivity index (χ2n) is 8.17. The first-order valence-corrected chi connectivity index (χ1v) is 12.4. The number of nitrogens with zero attached hydrogens (tertiary/aromatic N) is 4. The molecule has 2 unspecified atom stereocenters. The first-order chi connectivity index (χ1) is 14.9. The zero-order chi connectivity index (χ0) is 21.6. The van der Waals surface area contributed by atoms with Crippen molar-refractivity contribution in [1.82, 2.24) is 18.0 Å². The molecule has 2 atom stereocenters. The van der Waals surface area contributed by atoms with E-state index in [9.17, 15) is 13.2 Å². The van der Waals surface area contributed by atoms with E-state index in [0.717, 1.165) is 35.8 Å². The largest absolute Gasteiger partial charge is 0.325 e. The van der Waals surface area contributed by atoms with Gasteiger partial charge in [0.25, 0.3) is 0 Å². The lowest BCUT2D eigenvalue weighted by Gasteiger charge is -2.39. The Bertz CT molecular complexity index is 1230. The summed E-state index contributed by atoms with van der Waals surface area (Å²) in [7, 11) is -3.69. The zero-order valence-electron chi connectivity index (χ0n) is 17.1. The number of amides is 1. The summed E-state index contributed by atoms with van der Waals surface area (Å²) < 4.78 is 37.1. The predicted octanol–water partition coefficient (Wildman–Crippen LogP) is 2.48. The van der Waals surface area contributed by atoms with Gasteiger partial charge in [0.1, 0.15) is 15.9 Å². The van der Waals surface area contributed by atoms with Crippen LogP contribution in [0.15, 0.2) is 47.4 Å². The molecule has 2 saturated heterocycles. The van der Waals surface area contributed by atoms with Crippen molar-refractivity contribution in [2.45, 2.75) is 36.7 Å². The number of benzene rings is 2. The van der Waals surface area contributed by atoms with Crippen LogP contribution in [0.25, 0.3) is 11.0 Å². The highest BCUT2D eigenvalue weighted by molar-refractivity contribution is 7.89. The Morgan fingerprint density at radius 3 is 2.58 bits per heavy atom. The van der Waals surface area contributed by atoms with Crippen molar-refractivity contribution in [2.75, 3.05) is 25.0 Å². The molecule has 8 nitrogen and oxygen atoms in total. The Hall–Kier alpha value is -2.40. The van der Waals surface area contributed by atoms with Crippen LogP contribution in [0.5, 0.6) is 0 Å². The number of aromatic nitrogens is 2. The Labute approximate surface area is 185 Å². The molecule has 0 aliphatic carbocycles. The van der Waals surface area contributed by atoms with Gasteiger partial charge in [-0.15, -0.1) is 0 Å². The van der Waals surface area contributed by atoms with Crippen LogP contribution < -0.4 is 5.32 Å². The topological polar surface area (TPSA) is 95.5 Å². The minimum atomic E-state index is -3.69. The summed E-state index contributed by atoms with van der Waals surface area (Å²) in [5.41, 5.74) is 2.86. The number of hydrogen-bond donors (Lipinski definition) is 1. The summed E-state index contributed by atoms with van der Waals surface area (Å²) in [4.78, 5) is 14.9. The number of likely N-dealkylation sites (tertiary alicyclic amines) is 1. The Balaban J connectivity index is 1.32. The highest BCUT2D eigenvalue weighted by atomic mass is 32.2. The second kappa shape index (κ2) is 7.94. The van der Waals surface area contributed by atoms with Gasteiger partial charge in [-0.1, -0.05) is 24.3 Å². The first-order valence-electron chi connectivity index (χ1n) is 10.3. The van der Waals surface area contributed by atoms with Crippen molar-refractivity contribution in [1.29, 1.82) is 0 Å². The standard InChI is InChI=1S/C21H23N5O3S2/c1-14-5-2-3-6-17(14)22-20(27)13-25-11-15-9-10-16(12-25)26(15)31(28,29)19-8-4-7-18-21(19)24-30-23-18/h2-8,15-16H,9-13H2,1H3,(H,22,27). The molecule has 3 heterocycles. The number of sulfonamides is 1. The molecule has 1 N–H and O–H groups in total. The third-order valence-corrected chi connectivity index (χ3v) is 8.66. The number of carbonyl (C=O) groups excluding carboxylic acids is 1. The van der Waals surface area contributed by atoms with Gasteiger partial charge >= 0.3 is 0 Å². The van der Waals surface area contributed by atoms with Crippen LogP contribution in [0.4, 0.5) is 5.69 Å². The fraction of sp³-hybridized carbons (Fsp3) is 0.381. The quantitative estimate of drug-likeness (QED) is 0.632. The second-order valence-corrected chi connectivity index (χ2v) is 10.5. The van der Waals surface area contributed by atoms with Crippen molar-refractivity contribution in [3.8, 4) is 0 Å². The molecular formula is C21H23N5O3S2. The number of aryl methyl sites for hydroxylation is 1. The maximum atomic E-state index is 13.5. The van der Waals surface area contributed by atoms with E-state index in [1.165, 1.54) is 0 Å². The highest BCUT2D eigenvalue weighted by Gasteiger charge is 2.47. The SMILES string of the molecule is Cc1ccccc1NC(=O)CN1CC2CCC(C1)N2S(=O)(=O)c1cccc2nsnc12. The van der Waals surface area contributed by atoms with Crippen molar-refractivity contribution in [3.05, 3.63) is 48.0 Å². The van der Waals surface area contributed by atoms with Gasteiger partial charge in [0, 0.05) is 30.9 Å². The fourth-order valence-electron chi connectivity index (χ4n) is 4.68. The molecule has 1 amide bonds.